The summed E-state index contributed by atoms with van der Waals surface area (Å²) in [6.45, 7) is 6.08. The third-order valence-electron chi connectivity index (χ3n) is 2.33. The maximum atomic E-state index is 8.92. The van der Waals surface area contributed by atoms with Gasteiger partial charge in [0, 0.05) is 25.1 Å². The Bertz CT molecular complexity index is 185. The van der Waals surface area contributed by atoms with Crippen LogP contribution in [0.4, 0.5) is 0 Å². The van der Waals surface area contributed by atoms with Gasteiger partial charge in [0.1, 0.15) is 5.84 Å². The first-order chi connectivity index (χ1) is 6.51. The quantitative estimate of drug-likeness (QED) is 0.213. The topological polar surface area (TPSA) is 90.9 Å². The Hall–Kier alpha value is -0.810. The smallest absolute Gasteiger partial charge is 0.140 e. The maximum absolute atomic E-state index is 8.92. The fourth-order valence-corrected chi connectivity index (χ4v) is 1.18. The molecule has 0 saturated carbocycles. The highest BCUT2D eigenvalue weighted by Crippen LogP contribution is 2.03. The van der Waals surface area contributed by atoms with Crippen molar-refractivity contribution >= 4 is 5.84 Å². The third kappa shape index (κ3) is 5.04. The van der Waals surface area contributed by atoms with E-state index < -0.39 is 0 Å². The fraction of sp³-hybridized carbons (Fsp3) is 0.889. The van der Waals surface area contributed by atoms with Gasteiger partial charge in [0.2, 0.25) is 0 Å². The van der Waals surface area contributed by atoms with Crippen molar-refractivity contribution in [3.63, 3.8) is 0 Å². The van der Waals surface area contributed by atoms with E-state index in [0.29, 0.717) is 6.42 Å². The molecule has 0 aromatic carbocycles. The lowest BCUT2D eigenvalue weighted by molar-refractivity contribution is 0.202. The number of hydrogen-bond donors (Lipinski definition) is 4. The van der Waals surface area contributed by atoms with Gasteiger partial charge in [-0.05, 0) is 19.8 Å². The standard InChI is InChI=1S/C9H21N3O2/c1-6(5-13)8(3)11-7(2)4-9(10)12-14/h6-8,11,13-14H,4-5H2,1-3H3,(H2,10,12). The molecule has 5 nitrogen and oxygen atoms in total. The Morgan fingerprint density at radius 3 is 2.43 bits per heavy atom. The summed E-state index contributed by atoms with van der Waals surface area (Å²) in [5, 5.41) is 23.5. The summed E-state index contributed by atoms with van der Waals surface area (Å²) < 4.78 is 0. The molecule has 0 aromatic rings. The number of amidine groups is 1. The molecule has 0 bridgehead atoms. The second kappa shape index (κ2) is 6.62. The lowest BCUT2D eigenvalue weighted by Crippen LogP contribution is -2.41. The highest BCUT2D eigenvalue weighted by atomic mass is 16.4. The molecule has 0 aliphatic heterocycles. The molecule has 5 heteroatoms. The van der Waals surface area contributed by atoms with E-state index in [1.165, 1.54) is 0 Å². The Morgan fingerprint density at radius 2 is 2.00 bits per heavy atom. The monoisotopic (exact) mass is 203 g/mol. The van der Waals surface area contributed by atoms with Gasteiger partial charge in [0.05, 0.1) is 0 Å². The molecule has 0 radical (unpaired) electrons. The predicted molar refractivity (Wildman–Crippen MR) is 56.3 cm³/mol. The van der Waals surface area contributed by atoms with Crippen molar-refractivity contribution < 1.29 is 10.3 Å². The van der Waals surface area contributed by atoms with E-state index in [4.69, 9.17) is 16.0 Å². The minimum absolute atomic E-state index is 0.134. The lowest BCUT2D eigenvalue weighted by Gasteiger charge is -2.23. The zero-order chi connectivity index (χ0) is 11.1. The third-order valence-corrected chi connectivity index (χ3v) is 2.33. The van der Waals surface area contributed by atoms with Crippen molar-refractivity contribution in [2.75, 3.05) is 6.61 Å². The second-order valence-corrected chi connectivity index (χ2v) is 3.81. The molecule has 0 fully saturated rings. The first kappa shape index (κ1) is 13.2. The Kier molecular flexibility index (Phi) is 6.23. The zero-order valence-electron chi connectivity index (χ0n) is 9.07. The number of rotatable bonds is 6. The number of aliphatic hydroxyl groups is 1. The van der Waals surface area contributed by atoms with Crippen molar-refractivity contribution in [1.82, 2.24) is 5.32 Å². The number of nitrogens with zero attached hydrogens (tertiary/aromatic N) is 1. The molecule has 0 aromatic heterocycles. The molecule has 0 aliphatic carbocycles. The molecule has 3 atom stereocenters. The number of hydrogen-bond acceptors (Lipinski definition) is 4. The first-order valence-corrected chi connectivity index (χ1v) is 4.84. The summed E-state index contributed by atoms with van der Waals surface area (Å²) in [7, 11) is 0. The molecular formula is C9H21N3O2. The van der Waals surface area contributed by atoms with Crippen molar-refractivity contribution in [3.05, 3.63) is 0 Å². The van der Waals surface area contributed by atoms with Crippen LogP contribution in [0.25, 0.3) is 0 Å². The number of nitrogens with one attached hydrogen (secondary N) is 1. The average molecular weight is 203 g/mol. The minimum atomic E-state index is 0.134. The molecule has 5 N–H and O–H groups in total. The van der Waals surface area contributed by atoms with Gasteiger partial charge < -0.3 is 21.4 Å². The number of oxime groups is 1. The molecule has 3 unspecified atom stereocenters. The molecular weight excluding hydrogens is 182 g/mol. The summed E-state index contributed by atoms with van der Waals surface area (Å²) in [5.74, 6) is 0.415. The van der Waals surface area contributed by atoms with E-state index in [-0.39, 0.29) is 30.4 Å². The van der Waals surface area contributed by atoms with E-state index in [2.05, 4.69) is 10.5 Å². The Balaban J connectivity index is 3.87. The maximum Gasteiger partial charge on any atom is 0.140 e. The van der Waals surface area contributed by atoms with Gasteiger partial charge in [-0.25, -0.2) is 0 Å². The van der Waals surface area contributed by atoms with Crippen molar-refractivity contribution in [2.45, 2.75) is 39.3 Å². The minimum Gasteiger partial charge on any atom is -0.409 e. The fourth-order valence-electron chi connectivity index (χ4n) is 1.18. The van der Waals surface area contributed by atoms with E-state index >= 15 is 0 Å². The van der Waals surface area contributed by atoms with Crippen LogP contribution < -0.4 is 11.1 Å². The van der Waals surface area contributed by atoms with Crippen LogP contribution in [0.15, 0.2) is 5.16 Å². The van der Waals surface area contributed by atoms with Crippen molar-refractivity contribution in [3.8, 4) is 0 Å². The summed E-state index contributed by atoms with van der Waals surface area (Å²) in [5.41, 5.74) is 5.37. The molecule has 0 saturated heterocycles. The Morgan fingerprint density at radius 1 is 1.43 bits per heavy atom. The van der Waals surface area contributed by atoms with Crippen LogP contribution in [-0.4, -0.2) is 34.8 Å². The van der Waals surface area contributed by atoms with E-state index in [1.807, 2.05) is 20.8 Å². The average Bonchev–Trinajstić information content (AvgIpc) is 2.15. The van der Waals surface area contributed by atoms with Crippen LogP contribution in [0.3, 0.4) is 0 Å². The number of aliphatic hydroxyl groups excluding tert-OH is 1. The van der Waals surface area contributed by atoms with Gasteiger partial charge in [-0.3, -0.25) is 0 Å². The molecule has 0 aliphatic rings. The van der Waals surface area contributed by atoms with E-state index in [9.17, 15) is 0 Å². The van der Waals surface area contributed by atoms with Crippen LogP contribution in [-0.2, 0) is 0 Å². The summed E-state index contributed by atoms with van der Waals surface area (Å²) in [6, 6.07) is 0.344. The summed E-state index contributed by atoms with van der Waals surface area (Å²) in [6.07, 6.45) is 0.499. The van der Waals surface area contributed by atoms with Crippen molar-refractivity contribution in [1.29, 1.82) is 0 Å². The summed E-state index contributed by atoms with van der Waals surface area (Å²) in [4.78, 5) is 0. The summed E-state index contributed by atoms with van der Waals surface area (Å²) >= 11 is 0. The van der Waals surface area contributed by atoms with Gasteiger partial charge in [0.15, 0.2) is 0 Å². The molecule has 0 rings (SSSR count). The normalized spacial score (nSPS) is 19.0. The van der Waals surface area contributed by atoms with Crippen LogP contribution in [0.2, 0.25) is 0 Å². The van der Waals surface area contributed by atoms with Crippen LogP contribution >= 0.6 is 0 Å². The van der Waals surface area contributed by atoms with Crippen LogP contribution in [0.1, 0.15) is 27.2 Å². The van der Waals surface area contributed by atoms with E-state index in [0.717, 1.165) is 0 Å². The molecule has 0 amide bonds. The van der Waals surface area contributed by atoms with Crippen molar-refractivity contribution in [2.24, 2.45) is 16.8 Å². The first-order valence-electron chi connectivity index (χ1n) is 4.84. The lowest BCUT2D eigenvalue weighted by atomic mass is 10.0. The molecule has 84 valence electrons. The predicted octanol–water partition coefficient (Wildman–Crippen LogP) is 0.118. The van der Waals surface area contributed by atoms with Gasteiger partial charge in [0.25, 0.3) is 0 Å². The SMILES string of the molecule is CC(CC(N)=NO)NC(C)C(C)CO. The largest absolute Gasteiger partial charge is 0.409 e. The molecule has 0 heterocycles. The van der Waals surface area contributed by atoms with Crippen LogP contribution in [0.5, 0.6) is 0 Å². The number of nitrogens with two attached hydrogens (primary N) is 1. The van der Waals surface area contributed by atoms with Gasteiger partial charge in [-0.2, -0.15) is 0 Å². The highest BCUT2D eigenvalue weighted by Gasteiger charge is 2.14. The highest BCUT2D eigenvalue weighted by molar-refractivity contribution is 5.80. The zero-order valence-corrected chi connectivity index (χ0v) is 9.07. The second-order valence-electron chi connectivity index (χ2n) is 3.81. The van der Waals surface area contributed by atoms with Gasteiger partial charge in [-0.15, -0.1) is 0 Å². The molecule has 14 heavy (non-hydrogen) atoms. The Labute approximate surface area is 85.0 Å². The van der Waals surface area contributed by atoms with Gasteiger partial charge >= 0.3 is 0 Å². The molecule has 0 spiro atoms. The van der Waals surface area contributed by atoms with E-state index in [1.54, 1.807) is 0 Å². The van der Waals surface area contributed by atoms with Crippen LogP contribution in [0, 0.1) is 5.92 Å². The van der Waals surface area contributed by atoms with Gasteiger partial charge in [-0.1, -0.05) is 12.1 Å².